The van der Waals surface area contributed by atoms with Crippen molar-refractivity contribution in [1.82, 2.24) is 0 Å². The molecule has 0 amide bonds. The van der Waals surface area contributed by atoms with Crippen LogP contribution in [0.15, 0.2) is 42.5 Å². The van der Waals surface area contributed by atoms with Crippen LogP contribution in [0.1, 0.15) is 5.56 Å². The van der Waals surface area contributed by atoms with E-state index in [1.54, 1.807) is 24.3 Å². The lowest BCUT2D eigenvalue weighted by molar-refractivity contribution is -0.137. The van der Waals surface area contributed by atoms with Crippen LogP contribution in [0.3, 0.4) is 0 Å². The molecule has 0 radical (unpaired) electrons. The van der Waals surface area contributed by atoms with Gasteiger partial charge < -0.3 is 4.74 Å². The monoisotopic (exact) mass is 286 g/mol. The predicted octanol–water partition coefficient (Wildman–Crippen LogP) is 5.03. The minimum Gasteiger partial charge on any atom is -0.497 e. The van der Waals surface area contributed by atoms with Gasteiger partial charge in [0, 0.05) is 10.6 Å². The van der Waals surface area contributed by atoms with Crippen molar-refractivity contribution < 1.29 is 17.9 Å². The third kappa shape index (κ3) is 3.01. The first-order valence-electron chi connectivity index (χ1n) is 5.43. The maximum atomic E-state index is 12.7. The van der Waals surface area contributed by atoms with Crippen LogP contribution in [-0.2, 0) is 6.18 Å². The van der Waals surface area contributed by atoms with Gasteiger partial charge in [-0.3, -0.25) is 0 Å². The minimum atomic E-state index is -4.37. The Bertz CT molecular complexity index is 593. The molecule has 0 heterocycles. The van der Waals surface area contributed by atoms with Gasteiger partial charge in [-0.05, 0) is 35.9 Å². The van der Waals surface area contributed by atoms with Crippen LogP contribution >= 0.6 is 11.6 Å². The van der Waals surface area contributed by atoms with Crippen LogP contribution in [0.4, 0.5) is 13.2 Å². The summed E-state index contributed by atoms with van der Waals surface area (Å²) >= 11 is 6.02. The molecule has 2 aromatic carbocycles. The highest BCUT2D eigenvalue weighted by atomic mass is 35.5. The normalized spacial score (nSPS) is 11.4. The number of hydrogen-bond acceptors (Lipinski definition) is 1. The van der Waals surface area contributed by atoms with E-state index >= 15 is 0 Å². The van der Waals surface area contributed by atoms with Gasteiger partial charge in [0.25, 0.3) is 0 Å². The maximum Gasteiger partial charge on any atom is 0.416 e. The van der Waals surface area contributed by atoms with Crippen molar-refractivity contribution in [3.8, 4) is 16.9 Å². The molecule has 100 valence electrons. The molecule has 0 fully saturated rings. The Morgan fingerprint density at radius 3 is 2.42 bits per heavy atom. The Morgan fingerprint density at radius 2 is 1.79 bits per heavy atom. The third-order valence-corrected chi connectivity index (χ3v) is 3.00. The van der Waals surface area contributed by atoms with Crippen LogP contribution in [0.2, 0.25) is 5.02 Å². The molecule has 0 atom stereocenters. The Hall–Kier alpha value is -1.68. The topological polar surface area (TPSA) is 9.23 Å². The Balaban J connectivity index is 2.53. The highest BCUT2D eigenvalue weighted by molar-refractivity contribution is 6.33. The Kier molecular flexibility index (Phi) is 3.71. The maximum absolute atomic E-state index is 12.7. The second-order valence-electron chi connectivity index (χ2n) is 3.92. The molecule has 5 heteroatoms. The van der Waals surface area contributed by atoms with Crippen molar-refractivity contribution in [3.63, 3.8) is 0 Å². The van der Waals surface area contributed by atoms with E-state index in [0.717, 1.165) is 12.1 Å². The fourth-order valence-electron chi connectivity index (χ4n) is 1.72. The van der Waals surface area contributed by atoms with Crippen molar-refractivity contribution in [2.24, 2.45) is 0 Å². The molecule has 0 N–H and O–H groups in total. The second kappa shape index (κ2) is 5.13. The van der Waals surface area contributed by atoms with E-state index in [1.807, 2.05) is 0 Å². The molecule has 0 aliphatic rings. The Morgan fingerprint density at radius 1 is 1.05 bits per heavy atom. The molecule has 0 saturated heterocycles. The summed E-state index contributed by atoms with van der Waals surface area (Å²) < 4.78 is 43.1. The van der Waals surface area contributed by atoms with Gasteiger partial charge >= 0.3 is 6.18 Å². The summed E-state index contributed by atoms with van der Waals surface area (Å²) in [5, 5.41) is 0.375. The van der Waals surface area contributed by atoms with Gasteiger partial charge in [-0.1, -0.05) is 23.7 Å². The standard InChI is InChI=1S/C14H10ClF3O/c1-19-11-5-6-13(15)12(8-11)9-3-2-4-10(7-9)14(16,17)18/h2-8H,1H3. The van der Waals surface area contributed by atoms with Crippen molar-refractivity contribution in [3.05, 3.63) is 53.1 Å². The van der Waals surface area contributed by atoms with Crippen molar-refractivity contribution in [1.29, 1.82) is 0 Å². The van der Waals surface area contributed by atoms with Gasteiger partial charge in [-0.15, -0.1) is 0 Å². The summed E-state index contributed by atoms with van der Waals surface area (Å²) in [5.41, 5.74) is 0.203. The number of alkyl halides is 3. The van der Waals surface area contributed by atoms with E-state index in [2.05, 4.69) is 0 Å². The molecular formula is C14H10ClF3O. The van der Waals surface area contributed by atoms with Crippen LogP contribution in [0, 0.1) is 0 Å². The second-order valence-corrected chi connectivity index (χ2v) is 4.33. The van der Waals surface area contributed by atoms with Gasteiger partial charge in [0.15, 0.2) is 0 Å². The van der Waals surface area contributed by atoms with Gasteiger partial charge in [0.1, 0.15) is 5.75 Å². The lowest BCUT2D eigenvalue weighted by Crippen LogP contribution is -2.04. The largest absolute Gasteiger partial charge is 0.497 e. The minimum absolute atomic E-state index is 0.375. The van der Waals surface area contributed by atoms with Crippen LogP contribution < -0.4 is 4.74 Å². The number of halogens is 4. The van der Waals surface area contributed by atoms with E-state index in [-0.39, 0.29) is 0 Å². The molecule has 0 aromatic heterocycles. The highest BCUT2D eigenvalue weighted by Crippen LogP contribution is 2.35. The zero-order valence-corrected chi connectivity index (χ0v) is 10.7. The van der Waals surface area contributed by atoms with Crippen LogP contribution in [0.5, 0.6) is 5.75 Å². The van der Waals surface area contributed by atoms with Gasteiger partial charge in [0.05, 0.1) is 12.7 Å². The quantitative estimate of drug-likeness (QED) is 0.752. The fourth-order valence-corrected chi connectivity index (χ4v) is 1.94. The van der Waals surface area contributed by atoms with Crippen LogP contribution in [0.25, 0.3) is 11.1 Å². The molecule has 0 unspecified atom stereocenters. The van der Waals surface area contributed by atoms with Gasteiger partial charge in [-0.2, -0.15) is 13.2 Å². The molecule has 2 rings (SSSR count). The molecule has 0 spiro atoms. The molecule has 0 bridgehead atoms. The molecule has 0 saturated carbocycles. The number of ether oxygens (including phenoxy) is 1. The van der Waals surface area contributed by atoms with Crippen LogP contribution in [-0.4, -0.2) is 7.11 Å². The molecule has 1 nitrogen and oxygen atoms in total. The Labute approximate surface area is 113 Å². The van der Waals surface area contributed by atoms with E-state index in [4.69, 9.17) is 16.3 Å². The third-order valence-electron chi connectivity index (χ3n) is 2.67. The average Bonchev–Trinajstić information content (AvgIpc) is 2.38. The SMILES string of the molecule is COc1ccc(Cl)c(-c2cccc(C(F)(F)F)c2)c1. The fraction of sp³-hybridized carbons (Fsp3) is 0.143. The molecule has 0 aliphatic heterocycles. The summed E-state index contributed by atoms with van der Waals surface area (Å²) in [6.07, 6.45) is -4.37. The van der Waals surface area contributed by atoms with Gasteiger partial charge in [-0.25, -0.2) is 0 Å². The van der Waals surface area contributed by atoms with E-state index in [9.17, 15) is 13.2 Å². The summed E-state index contributed by atoms with van der Waals surface area (Å²) in [4.78, 5) is 0. The molecule has 19 heavy (non-hydrogen) atoms. The summed E-state index contributed by atoms with van der Waals surface area (Å²) in [5.74, 6) is 0.539. The zero-order valence-electron chi connectivity index (χ0n) is 9.96. The predicted molar refractivity (Wildman–Crippen MR) is 68.4 cm³/mol. The lowest BCUT2D eigenvalue weighted by Gasteiger charge is -2.11. The van der Waals surface area contributed by atoms with Crippen molar-refractivity contribution >= 4 is 11.6 Å². The zero-order chi connectivity index (χ0) is 14.0. The lowest BCUT2D eigenvalue weighted by atomic mass is 10.0. The van der Waals surface area contributed by atoms with E-state index < -0.39 is 11.7 Å². The summed E-state index contributed by atoms with van der Waals surface area (Å²) in [6, 6.07) is 9.88. The molecule has 2 aromatic rings. The molecular weight excluding hydrogens is 277 g/mol. The summed E-state index contributed by atoms with van der Waals surface area (Å²) in [7, 11) is 1.49. The van der Waals surface area contributed by atoms with Crippen molar-refractivity contribution in [2.75, 3.05) is 7.11 Å². The average molecular weight is 287 g/mol. The smallest absolute Gasteiger partial charge is 0.416 e. The highest BCUT2D eigenvalue weighted by Gasteiger charge is 2.30. The first-order chi connectivity index (χ1) is 8.91. The summed E-state index contributed by atoms with van der Waals surface area (Å²) in [6.45, 7) is 0. The number of benzene rings is 2. The first-order valence-corrected chi connectivity index (χ1v) is 5.81. The number of rotatable bonds is 2. The molecule has 0 aliphatic carbocycles. The number of methoxy groups -OCH3 is 1. The van der Waals surface area contributed by atoms with Crippen molar-refractivity contribution in [2.45, 2.75) is 6.18 Å². The first kappa shape index (κ1) is 13.7. The van der Waals surface area contributed by atoms with Gasteiger partial charge in [0.2, 0.25) is 0 Å². The van der Waals surface area contributed by atoms with E-state index in [1.165, 1.54) is 13.2 Å². The van der Waals surface area contributed by atoms with E-state index in [0.29, 0.717) is 21.9 Å². The number of hydrogen-bond donors (Lipinski definition) is 0.